The Hall–Kier alpha value is -2.61. The summed E-state index contributed by atoms with van der Waals surface area (Å²) in [6.07, 6.45) is 11.5. The van der Waals surface area contributed by atoms with Crippen LogP contribution in [0.4, 0.5) is 5.69 Å². The molecule has 0 spiro atoms. The van der Waals surface area contributed by atoms with E-state index in [4.69, 9.17) is 0 Å². The number of piperidine rings is 1. The van der Waals surface area contributed by atoms with Crippen LogP contribution in [0.15, 0.2) is 18.2 Å². The Morgan fingerprint density at radius 2 is 1.78 bits per heavy atom. The van der Waals surface area contributed by atoms with Crippen molar-refractivity contribution in [2.45, 2.75) is 83.2 Å². The van der Waals surface area contributed by atoms with Gasteiger partial charge in [0, 0.05) is 30.9 Å². The molecule has 3 N–H and O–H groups in total. The van der Waals surface area contributed by atoms with Crippen LogP contribution >= 0.6 is 0 Å². The smallest absolute Gasteiger partial charge is 0.305 e. The highest BCUT2D eigenvalue weighted by Crippen LogP contribution is 2.29. The van der Waals surface area contributed by atoms with E-state index in [1.165, 1.54) is 44.9 Å². The van der Waals surface area contributed by atoms with E-state index in [-0.39, 0.29) is 18.2 Å². The first kappa shape index (κ1) is 27.4. The summed E-state index contributed by atoms with van der Waals surface area (Å²) in [5, 5.41) is 15.6. The van der Waals surface area contributed by atoms with E-state index in [1.54, 1.807) is 6.07 Å². The number of likely N-dealkylation sites (tertiary alicyclic amines) is 1. The summed E-state index contributed by atoms with van der Waals surface area (Å²) in [5.74, 6) is 0.0667. The molecule has 0 aromatic heterocycles. The standard InChI is InChI=1S/C29H44N4O4/c1-32-15-11-22(12-16-32)8-5-14-30-28(36)23-9-10-24-20-33(17-13-21-6-3-2-4-7-21)29(37)26(19-27(34)35)31-25(24)18-23/h9-10,18,21-22,26,31H,2-8,11-17,19-20H2,1H3,(H,30,36)(H,34,35). The van der Waals surface area contributed by atoms with Gasteiger partial charge in [-0.25, -0.2) is 0 Å². The number of amides is 2. The second-order valence-electron chi connectivity index (χ2n) is 11.4. The summed E-state index contributed by atoms with van der Waals surface area (Å²) in [6.45, 7) is 4.03. The van der Waals surface area contributed by atoms with Crippen molar-refractivity contribution in [1.82, 2.24) is 15.1 Å². The van der Waals surface area contributed by atoms with Gasteiger partial charge in [-0.05, 0) is 81.8 Å². The monoisotopic (exact) mass is 512 g/mol. The largest absolute Gasteiger partial charge is 0.481 e. The molecular weight excluding hydrogens is 468 g/mol. The minimum absolute atomic E-state index is 0.132. The first-order chi connectivity index (χ1) is 17.9. The molecule has 1 atom stereocenters. The van der Waals surface area contributed by atoms with E-state index in [0.29, 0.717) is 36.8 Å². The van der Waals surface area contributed by atoms with Crippen molar-refractivity contribution in [3.8, 4) is 0 Å². The fourth-order valence-corrected chi connectivity index (χ4v) is 6.11. The number of anilines is 1. The van der Waals surface area contributed by atoms with Gasteiger partial charge in [-0.15, -0.1) is 0 Å². The summed E-state index contributed by atoms with van der Waals surface area (Å²) in [4.78, 5) is 41.8. The molecule has 8 heteroatoms. The maximum atomic E-state index is 13.3. The molecule has 37 heavy (non-hydrogen) atoms. The Morgan fingerprint density at radius 1 is 1.05 bits per heavy atom. The van der Waals surface area contributed by atoms with Gasteiger partial charge >= 0.3 is 5.97 Å². The number of hydrogen-bond donors (Lipinski definition) is 3. The van der Waals surface area contributed by atoms with Crippen LogP contribution in [0.5, 0.6) is 0 Å². The predicted molar refractivity (Wildman–Crippen MR) is 145 cm³/mol. The summed E-state index contributed by atoms with van der Waals surface area (Å²) < 4.78 is 0. The zero-order valence-corrected chi connectivity index (χ0v) is 22.3. The molecule has 1 unspecified atom stereocenters. The molecule has 4 rings (SSSR count). The summed E-state index contributed by atoms with van der Waals surface area (Å²) in [6, 6.07) is 4.65. The molecule has 0 bridgehead atoms. The lowest BCUT2D eigenvalue weighted by atomic mass is 9.87. The van der Waals surface area contributed by atoms with Gasteiger partial charge in [0.1, 0.15) is 6.04 Å². The molecule has 2 heterocycles. The minimum Gasteiger partial charge on any atom is -0.481 e. The van der Waals surface area contributed by atoms with E-state index in [0.717, 1.165) is 43.8 Å². The van der Waals surface area contributed by atoms with Crippen molar-refractivity contribution in [2.75, 3.05) is 38.5 Å². The number of fused-ring (bicyclic) bond motifs is 1. The number of rotatable bonds is 10. The van der Waals surface area contributed by atoms with Crippen molar-refractivity contribution >= 4 is 23.5 Å². The molecule has 3 aliphatic rings. The molecule has 1 saturated heterocycles. The second-order valence-corrected chi connectivity index (χ2v) is 11.4. The maximum absolute atomic E-state index is 13.3. The summed E-state index contributed by atoms with van der Waals surface area (Å²) in [7, 11) is 2.17. The van der Waals surface area contributed by atoms with E-state index in [9.17, 15) is 19.5 Å². The Labute approximate surface area is 221 Å². The van der Waals surface area contributed by atoms with Gasteiger partial charge in [-0.2, -0.15) is 0 Å². The number of benzene rings is 1. The van der Waals surface area contributed by atoms with Gasteiger partial charge in [0.05, 0.1) is 6.42 Å². The first-order valence-electron chi connectivity index (χ1n) is 14.3. The molecule has 2 fully saturated rings. The molecule has 2 amide bonds. The number of nitrogens with one attached hydrogen (secondary N) is 2. The Bertz CT molecular complexity index is 938. The lowest BCUT2D eigenvalue weighted by Gasteiger charge is -2.28. The molecule has 1 saturated carbocycles. The summed E-state index contributed by atoms with van der Waals surface area (Å²) >= 11 is 0. The average Bonchev–Trinajstić information content (AvgIpc) is 3.02. The third-order valence-corrected chi connectivity index (χ3v) is 8.50. The zero-order chi connectivity index (χ0) is 26.2. The molecule has 1 aromatic rings. The lowest BCUT2D eigenvalue weighted by Crippen LogP contribution is -2.42. The van der Waals surface area contributed by atoms with Crippen molar-refractivity contribution in [3.63, 3.8) is 0 Å². The average molecular weight is 513 g/mol. The van der Waals surface area contributed by atoms with Crippen LogP contribution < -0.4 is 10.6 Å². The number of hydrogen-bond acceptors (Lipinski definition) is 5. The maximum Gasteiger partial charge on any atom is 0.305 e. The van der Waals surface area contributed by atoms with Gasteiger partial charge in [0.25, 0.3) is 5.91 Å². The number of carboxylic acids is 1. The van der Waals surface area contributed by atoms with Crippen molar-refractivity contribution in [1.29, 1.82) is 0 Å². The first-order valence-corrected chi connectivity index (χ1v) is 14.3. The van der Waals surface area contributed by atoms with Crippen LogP contribution in [0.3, 0.4) is 0 Å². The predicted octanol–water partition coefficient (Wildman–Crippen LogP) is 4.11. The summed E-state index contributed by atoms with van der Waals surface area (Å²) in [5.41, 5.74) is 2.13. The number of carboxylic acid groups (broad SMARTS) is 1. The minimum atomic E-state index is -1.01. The quantitative estimate of drug-likeness (QED) is 0.408. The fraction of sp³-hybridized carbons (Fsp3) is 0.690. The number of aliphatic carboxylic acids is 1. The fourth-order valence-electron chi connectivity index (χ4n) is 6.11. The highest BCUT2D eigenvalue weighted by atomic mass is 16.4. The molecular formula is C29H44N4O4. The van der Waals surface area contributed by atoms with Crippen LogP contribution in [-0.4, -0.2) is 72.0 Å². The van der Waals surface area contributed by atoms with Crippen molar-refractivity contribution in [2.24, 2.45) is 11.8 Å². The second kappa shape index (κ2) is 13.3. The highest BCUT2D eigenvalue weighted by molar-refractivity contribution is 5.96. The molecule has 2 aliphatic heterocycles. The Balaban J connectivity index is 1.36. The zero-order valence-electron chi connectivity index (χ0n) is 22.3. The Morgan fingerprint density at radius 3 is 2.51 bits per heavy atom. The van der Waals surface area contributed by atoms with Crippen LogP contribution in [0.25, 0.3) is 0 Å². The SMILES string of the molecule is CN1CCC(CCCNC(=O)c2ccc3c(c2)NC(CC(=O)O)C(=O)N(CCC2CCCCC2)C3)CC1. The van der Waals surface area contributed by atoms with E-state index in [1.807, 2.05) is 17.0 Å². The molecule has 204 valence electrons. The van der Waals surface area contributed by atoms with Gasteiger partial charge < -0.3 is 25.5 Å². The van der Waals surface area contributed by atoms with Crippen LogP contribution in [0.1, 0.15) is 86.6 Å². The molecule has 8 nitrogen and oxygen atoms in total. The normalized spacial score (nSPS) is 21.7. The molecule has 0 radical (unpaired) electrons. The lowest BCUT2D eigenvalue weighted by molar-refractivity contribution is -0.141. The van der Waals surface area contributed by atoms with Gasteiger partial charge in [0.15, 0.2) is 0 Å². The number of nitrogens with zero attached hydrogens (tertiary/aromatic N) is 2. The highest BCUT2D eigenvalue weighted by Gasteiger charge is 2.31. The van der Waals surface area contributed by atoms with Gasteiger partial charge in [-0.1, -0.05) is 38.2 Å². The third-order valence-electron chi connectivity index (χ3n) is 8.50. The van der Waals surface area contributed by atoms with Crippen LogP contribution in [0, 0.1) is 11.8 Å². The molecule has 1 aromatic carbocycles. The van der Waals surface area contributed by atoms with Crippen LogP contribution in [0.2, 0.25) is 0 Å². The van der Waals surface area contributed by atoms with E-state index in [2.05, 4.69) is 22.6 Å². The van der Waals surface area contributed by atoms with Crippen LogP contribution in [-0.2, 0) is 16.1 Å². The van der Waals surface area contributed by atoms with Crippen molar-refractivity contribution in [3.05, 3.63) is 29.3 Å². The topological polar surface area (TPSA) is 102 Å². The van der Waals surface area contributed by atoms with Gasteiger partial charge in [0.2, 0.25) is 5.91 Å². The van der Waals surface area contributed by atoms with Crippen molar-refractivity contribution < 1.29 is 19.5 Å². The molecule has 1 aliphatic carbocycles. The third kappa shape index (κ3) is 7.94. The Kier molecular flexibility index (Phi) is 9.83. The van der Waals surface area contributed by atoms with Gasteiger partial charge in [-0.3, -0.25) is 14.4 Å². The van der Waals surface area contributed by atoms with E-state index < -0.39 is 12.0 Å². The number of carbonyl (C=O) groups excluding carboxylic acids is 2. The number of carbonyl (C=O) groups is 3. The van der Waals surface area contributed by atoms with E-state index >= 15 is 0 Å².